The van der Waals surface area contributed by atoms with Gasteiger partial charge in [-0.3, -0.25) is 4.79 Å². The smallest absolute Gasteiger partial charge is 0.224 e. The van der Waals surface area contributed by atoms with Crippen LogP contribution in [-0.2, 0) is 20.6 Å². The predicted octanol–water partition coefficient (Wildman–Crippen LogP) is 3.68. The fourth-order valence-corrected chi connectivity index (χ4v) is 5.41. The highest BCUT2D eigenvalue weighted by Crippen LogP contribution is 2.23. The summed E-state index contributed by atoms with van der Waals surface area (Å²) in [6.07, 6.45) is 1.42. The van der Waals surface area contributed by atoms with Crippen molar-refractivity contribution in [3.63, 3.8) is 0 Å². The fraction of sp³-hybridized carbons (Fsp3) is 0.650. The molecule has 1 aromatic carbocycles. The fourth-order valence-electron chi connectivity index (χ4n) is 3.68. The monoisotopic (exact) mass is 414 g/mol. The van der Waals surface area contributed by atoms with Gasteiger partial charge < -0.3 is 5.32 Å². The normalized spacial score (nSPS) is 19.0. The minimum atomic E-state index is -3.47. The standard InChI is InChI=1S/C20H31ClN2O3S/c1-14(2)19(15(3)4)22-20(24)17-6-5-11-23(12-17)27(25,26)13-16-7-9-18(21)10-8-16/h7-10,14-15,17,19H,5-6,11-13H2,1-4H3,(H,22,24)/t17-/m0/s1. The van der Waals surface area contributed by atoms with Crippen molar-refractivity contribution in [2.45, 2.75) is 52.3 Å². The highest BCUT2D eigenvalue weighted by atomic mass is 35.5. The molecule has 1 aliphatic rings. The Labute approximate surface area is 168 Å². The van der Waals surface area contributed by atoms with Gasteiger partial charge >= 0.3 is 0 Å². The number of nitrogens with one attached hydrogen (secondary N) is 1. The number of nitrogens with zero attached hydrogens (tertiary/aromatic N) is 1. The Morgan fingerprint density at radius 3 is 2.33 bits per heavy atom. The topological polar surface area (TPSA) is 66.5 Å². The molecule has 1 fully saturated rings. The van der Waals surface area contributed by atoms with Crippen LogP contribution in [0.2, 0.25) is 5.02 Å². The summed E-state index contributed by atoms with van der Waals surface area (Å²) in [5.74, 6) is 0.274. The van der Waals surface area contributed by atoms with Crippen LogP contribution in [0.4, 0.5) is 0 Å². The van der Waals surface area contributed by atoms with E-state index in [0.717, 1.165) is 6.42 Å². The summed E-state index contributed by atoms with van der Waals surface area (Å²) < 4.78 is 27.1. The maximum absolute atomic E-state index is 12.8. The zero-order valence-electron chi connectivity index (χ0n) is 16.6. The van der Waals surface area contributed by atoms with Crippen molar-refractivity contribution in [2.75, 3.05) is 13.1 Å². The Morgan fingerprint density at radius 2 is 1.78 bits per heavy atom. The van der Waals surface area contributed by atoms with Gasteiger partial charge in [-0.15, -0.1) is 0 Å². The number of halogens is 1. The van der Waals surface area contributed by atoms with E-state index in [0.29, 0.717) is 35.4 Å². The van der Waals surface area contributed by atoms with Crippen molar-refractivity contribution in [3.8, 4) is 0 Å². The highest BCUT2D eigenvalue weighted by Gasteiger charge is 2.33. The summed E-state index contributed by atoms with van der Waals surface area (Å²) in [4.78, 5) is 12.7. The molecule has 5 nitrogen and oxygen atoms in total. The molecule has 1 aliphatic heterocycles. The maximum Gasteiger partial charge on any atom is 0.224 e. The third-order valence-corrected chi connectivity index (χ3v) is 7.22. The van der Waals surface area contributed by atoms with Gasteiger partial charge in [0, 0.05) is 24.2 Å². The van der Waals surface area contributed by atoms with Crippen LogP contribution < -0.4 is 5.32 Å². The van der Waals surface area contributed by atoms with Crippen molar-refractivity contribution in [1.29, 1.82) is 0 Å². The van der Waals surface area contributed by atoms with E-state index >= 15 is 0 Å². The molecular weight excluding hydrogens is 384 g/mol. The lowest BCUT2D eigenvalue weighted by Gasteiger charge is -2.33. The minimum absolute atomic E-state index is 0.0335. The van der Waals surface area contributed by atoms with E-state index in [-0.39, 0.29) is 30.2 Å². The first-order chi connectivity index (χ1) is 12.6. The van der Waals surface area contributed by atoms with E-state index in [2.05, 4.69) is 33.0 Å². The van der Waals surface area contributed by atoms with Crippen molar-refractivity contribution in [2.24, 2.45) is 17.8 Å². The van der Waals surface area contributed by atoms with Crippen LogP contribution in [0.5, 0.6) is 0 Å². The predicted molar refractivity (Wildman–Crippen MR) is 110 cm³/mol. The second-order valence-corrected chi connectivity index (χ2v) is 10.5. The summed E-state index contributed by atoms with van der Waals surface area (Å²) in [7, 11) is -3.47. The van der Waals surface area contributed by atoms with E-state index in [9.17, 15) is 13.2 Å². The number of carbonyl (C=O) groups excluding carboxylic acids is 1. The number of sulfonamides is 1. The molecule has 27 heavy (non-hydrogen) atoms. The number of hydrogen-bond acceptors (Lipinski definition) is 3. The van der Waals surface area contributed by atoms with E-state index < -0.39 is 10.0 Å². The molecule has 152 valence electrons. The van der Waals surface area contributed by atoms with Gasteiger partial charge in [0.15, 0.2) is 0 Å². The average Bonchev–Trinajstić information content (AvgIpc) is 2.60. The lowest BCUT2D eigenvalue weighted by Crippen LogP contribution is -2.50. The second kappa shape index (κ2) is 9.39. The summed E-state index contributed by atoms with van der Waals surface area (Å²) >= 11 is 5.87. The number of piperidine rings is 1. The first kappa shape index (κ1) is 22.2. The van der Waals surface area contributed by atoms with Crippen LogP contribution in [0.3, 0.4) is 0 Å². The van der Waals surface area contributed by atoms with Gasteiger partial charge in [0.2, 0.25) is 15.9 Å². The molecule has 2 rings (SSSR count). The molecule has 0 aromatic heterocycles. The molecule has 7 heteroatoms. The van der Waals surface area contributed by atoms with Crippen LogP contribution in [0.25, 0.3) is 0 Å². The summed E-state index contributed by atoms with van der Waals surface area (Å²) in [5, 5.41) is 3.72. The number of carbonyl (C=O) groups is 1. The van der Waals surface area contributed by atoms with Gasteiger partial charge in [-0.05, 0) is 42.4 Å². The Balaban J connectivity index is 2.03. The molecule has 1 atom stereocenters. The van der Waals surface area contributed by atoms with E-state index in [1.54, 1.807) is 24.3 Å². The minimum Gasteiger partial charge on any atom is -0.353 e. The molecule has 1 amide bonds. The Morgan fingerprint density at radius 1 is 1.19 bits per heavy atom. The molecule has 1 N–H and O–H groups in total. The molecule has 0 radical (unpaired) electrons. The van der Waals surface area contributed by atoms with Crippen LogP contribution in [0.1, 0.15) is 46.1 Å². The number of hydrogen-bond donors (Lipinski definition) is 1. The third kappa shape index (κ3) is 6.19. The van der Waals surface area contributed by atoms with Crippen molar-refractivity contribution >= 4 is 27.5 Å². The molecule has 0 saturated carbocycles. The lowest BCUT2D eigenvalue weighted by molar-refractivity contribution is -0.127. The molecule has 0 unspecified atom stereocenters. The Kier molecular flexibility index (Phi) is 7.72. The average molecular weight is 415 g/mol. The maximum atomic E-state index is 12.8. The van der Waals surface area contributed by atoms with Gasteiger partial charge in [0.1, 0.15) is 0 Å². The van der Waals surface area contributed by atoms with Gasteiger partial charge in [0.25, 0.3) is 0 Å². The molecule has 0 spiro atoms. The van der Waals surface area contributed by atoms with Gasteiger partial charge in [-0.2, -0.15) is 0 Å². The number of benzene rings is 1. The highest BCUT2D eigenvalue weighted by molar-refractivity contribution is 7.88. The molecule has 0 bridgehead atoms. The van der Waals surface area contributed by atoms with Crippen LogP contribution in [0, 0.1) is 17.8 Å². The quantitative estimate of drug-likeness (QED) is 0.740. The Hall–Kier alpha value is -1.11. The first-order valence-electron chi connectivity index (χ1n) is 9.62. The van der Waals surface area contributed by atoms with Crippen LogP contribution in [0.15, 0.2) is 24.3 Å². The van der Waals surface area contributed by atoms with Crippen LogP contribution in [-0.4, -0.2) is 37.8 Å². The third-order valence-electron chi connectivity index (χ3n) is 5.16. The largest absolute Gasteiger partial charge is 0.353 e. The summed E-state index contributed by atoms with van der Waals surface area (Å²) in [6, 6.07) is 6.93. The second-order valence-electron chi connectivity index (χ2n) is 8.10. The number of amides is 1. The van der Waals surface area contributed by atoms with Crippen molar-refractivity contribution in [3.05, 3.63) is 34.9 Å². The molecule has 0 aliphatic carbocycles. The van der Waals surface area contributed by atoms with Crippen molar-refractivity contribution in [1.82, 2.24) is 9.62 Å². The Bertz CT molecular complexity index is 724. The van der Waals surface area contributed by atoms with Gasteiger partial charge in [-0.25, -0.2) is 12.7 Å². The lowest BCUT2D eigenvalue weighted by atomic mass is 9.91. The van der Waals surface area contributed by atoms with Crippen molar-refractivity contribution < 1.29 is 13.2 Å². The zero-order valence-corrected chi connectivity index (χ0v) is 18.2. The SMILES string of the molecule is CC(C)C(NC(=O)[C@H]1CCCN(S(=O)(=O)Cc2ccc(Cl)cc2)C1)C(C)C. The molecule has 1 aromatic rings. The summed E-state index contributed by atoms with van der Waals surface area (Å²) in [6.45, 7) is 9.09. The van der Waals surface area contributed by atoms with Gasteiger partial charge in [0.05, 0.1) is 11.7 Å². The van der Waals surface area contributed by atoms with E-state index in [1.807, 2.05) is 0 Å². The molecule has 1 saturated heterocycles. The van der Waals surface area contributed by atoms with E-state index in [1.165, 1.54) is 4.31 Å². The van der Waals surface area contributed by atoms with E-state index in [4.69, 9.17) is 11.6 Å². The number of rotatable bonds is 7. The first-order valence-corrected chi connectivity index (χ1v) is 11.6. The zero-order chi connectivity index (χ0) is 20.2. The molecular formula is C20H31ClN2O3S. The van der Waals surface area contributed by atoms with Gasteiger partial charge in [-0.1, -0.05) is 51.4 Å². The van der Waals surface area contributed by atoms with Crippen LogP contribution >= 0.6 is 11.6 Å². The summed E-state index contributed by atoms with van der Waals surface area (Å²) in [5.41, 5.74) is 0.700. The molecule has 1 heterocycles.